The molecule has 0 rings (SSSR count). The molecule has 0 radical (unpaired) electrons. The second-order valence-corrected chi connectivity index (χ2v) is 1.04. The monoisotopic (exact) mass is 126 g/mol. The van der Waals surface area contributed by atoms with Crippen LogP contribution in [-0.2, 0) is 0 Å². The number of aliphatic hydroxyl groups excluding tert-OH is 2. The van der Waals surface area contributed by atoms with Gasteiger partial charge in [-0.1, -0.05) is 5.92 Å². The lowest BCUT2D eigenvalue weighted by Gasteiger charge is -1.70. The molecule has 0 aromatic rings. The van der Waals surface area contributed by atoms with Gasteiger partial charge in [0.15, 0.2) is 0 Å². The Hall–Kier alpha value is -0.960. The minimum Gasteiger partial charge on any atom is -0.395 e. The van der Waals surface area contributed by atoms with E-state index in [0.717, 1.165) is 0 Å². The second-order valence-electron chi connectivity index (χ2n) is 1.04. The molecule has 0 aliphatic carbocycles. The predicted octanol–water partition coefficient (Wildman–Crippen LogP) is -0.386. The Bertz CT molecular complexity index is 105. The van der Waals surface area contributed by atoms with Crippen molar-refractivity contribution in [2.24, 2.45) is 0 Å². The Balaban J connectivity index is 0. The first-order valence-corrected chi connectivity index (χ1v) is 2.42. The van der Waals surface area contributed by atoms with Crippen molar-refractivity contribution in [2.75, 3.05) is 13.2 Å². The minimum atomic E-state index is -0.153. The van der Waals surface area contributed by atoms with Crippen molar-refractivity contribution >= 4 is 0 Å². The van der Waals surface area contributed by atoms with Gasteiger partial charge in [-0.3, -0.25) is 0 Å². The van der Waals surface area contributed by atoms with Crippen molar-refractivity contribution in [1.29, 1.82) is 0 Å². The molecular weight excluding hydrogens is 116 g/mol. The average Bonchev–Trinajstić information content (AvgIpc) is 1.91. The van der Waals surface area contributed by atoms with Crippen LogP contribution in [0.1, 0.15) is 6.42 Å². The largest absolute Gasteiger partial charge is 0.395 e. The minimum absolute atomic E-state index is 0.108. The third kappa shape index (κ3) is 43.0. The van der Waals surface area contributed by atoms with Gasteiger partial charge in [0.05, 0.1) is 6.61 Å². The molecule has 2 nitrogen and oxygen atoms in total. The van der Waals surface area contributed by atoms with E-state index in [0.29, 0.717) is 6.42 Å². The standard InChI is InChI=1S/C4H6O.C3H4O/c1-2-3-4-5;1-2-3-4/h1,5H,3-4H2;1,4H,3H2. The highest BCUT2D eigenvalue weighted by Crippen LogP contribution is 1.62. The van der Waals surface area contributed by atoms with Crippen LogP contribution in [0.4, 0.5) is 0 Å². The van der Waals surface area contributed by atoms with Gasteiger partial charge in [-0.05, 0) is 0 Å². The van der Waals surface area contributed by atoms with Crippen LogP contribution in [0.2, 0.25) is 0 Å². The van der Waals surface area contributed by atoms with Gasteiger partial charge in [-0.25, -0.2) is 0 Å². The highest BCUT2D eigenvalue weighted by Gasteiger charge is 1.62. The predicted molar refractivity (Wildman–Crippen MR) is 36.5 cm³/mol. The van der Waals surface area contributed by atoms with Crippen molar-refractivity contribution in [3.63, 3.8) is 0 Å². The first-order valence-electron chi connectivity index (χ1n) is 2.42. The lowest BCUT2D eigenvalue weighted by Crippen LogP contribution is -1.72. The molecule has 0 aromatic carbocycles. The second kappa shape index (κ2) is 15.7. The number of aliphatic hydroxyl groups is 2. The van der Waals surface area contributed by atoms with Gasteiger partial charge >= 0.3 is 0 Å². The molecule has 0 unspecified atom stereocenters. The fourth-order valence-corrected chi connectivity index (χ4v) is 0.0645. The number of hydrogen-bond acceptors (Lipinski definition) is 2. The normalized spacial score (nSPS) is 5.78. The maximum atomic E-state index is 7.92. The third-order valence-electron chi connectivity index (χ3n) is 0.347. The molecule has 0 saturated heterocycles. The Morgan fingerprint density at radius 3 is 1.56 bits per heavy atom. The van der Waals surface area contributed by atoms with Gasteiger partial charge in [0.2, 0.25) is 0 Å². The molecule has 0 fully saturated rings. The van der Waals surface area contributed by atoms with Crippen molar-refractivity contribution < 1.29 is 10.2 Å². The Morgan fingerprint density at radius 1 is 1.11 bits per heavy atom. The van der Waals surface area contributed by atoms with Crippen LogP contribution in [0.3, 0.4) is 0 Å². The van der Waals surface area contributed by atoms with Gasteiger partial charge in [0.25, 0.3) is 0 Å². The molecule has 0 atom stereocenters. The van der Waals surface area contributed by atoms with Crippen LogP contribution in [-0.4, -0.2) is 23.4 Å². The Morgan fingerprint density at radius 2 is 1.56 bits per heavy atom. The summed E-state index contributed by atoms with van der Waals surface area (Å²) in [4.78, 5) is 0. The van der Waals surface area contributed by atoms with Crippen molar-refractivity contribution in [2.45, 2.75) is 6.42 Å². The van der Waals surface area contributed by atoms with Crippen LogP contribution < -0.4 is 0 Å². The smallest absolute Gasteiger partial charge is 0.103 e. The molecule has 9 heavy (non-hydrogen) atoms. The molecule has 0 bridgehead atoms. The summed E-state index contributed by atoms with van der Waals surface area (Å²) < 4.78 is 0. The molecule has 0 aromatic heterocycles. The van der Waals surface area contributed by atoms with Crippen LogP contribution in [0, 0.1) is 24.7 Å². The SMILES string of the molecule is C#CCCO.C#CCO. The molecule has 0 heterocycles. The Kier molecular flexibility index (Phi) is 19.1. The molecule has 50 valence electrons. The maximum absolute atomic E-state index is 7.92. The van der Waals surface area contributed by atoms with E-state index < -0.39 is 0 Å². The molecule has 0 aliphatic heterocycles. The molecule has 0 saturated carbocycles. The zero-order valence-electron chi connectivity index (χ0n) is 5.17. The van der Waals surface area contributed by atoms with E-state index in [2.05, 4.69) is 12.3 Å². The molecule has 0 amide bonds. The van der Waals surface area contributed by atoms with E-state index in [9.17, 15) is 0 Å². The van der Waals surface area contributed by atoms with Crippen molar-refractivity contribution in [3.05, 3.63) is 0 Å². The highest BCUT2D eigenvalue weighted by molar-refractivity contribution is 4.82. The van der Waals surface area contributed by atoms with Crippen molar-refractivity contribution in [3.8, 4) is 24.7 Å². The number of hydrogen-bond donors (Lipinski definition) is 2. The van der Waals surface area contributed by atoms with E-state index in [1.165, 1.54) is 0 Å². The third-order valence-corrected chi connectivity index (χ3v) is 0.347. The van der Waals surface area contributed by atoms with Crippen LogP contribution >= 0.6 is 0 Å². The van der Waals surface area contributed by atoms with Gasteiger partial charge in [0, 0.05) is 6.42 Å². The number of terminal acetylenes is 2. The van der Waals surface area contributed by atoms with Gasteiger partial charge in [0.1, 0.15) is 6.61 Å². The summed E-state index contributed by atoms with van der Waals surface area (Å²) in [5, 5.41) is 15.6. The average molecular weight is 126 g/mol. The summed E-state index contributed by atoms with van der Waals surface area (Å²) in [6.45, 7) is -0.0451. The van der Waals surface area contributed by atoms with E-state index in [1.807, 2.05) is 5.92 Å². The van der Waals surface area contributed by atoms with E-state index in [4.69, 9.17) is 16.6 Å². The highest BCUT2D eigenvalue weighted by atomic mass is 16.3. The first kappa shape index (κ1) is 10.9. The summed E-state index contributed by atoms with van der Waals surface area (Å²) in [6.07, 6.45) is 9.73. The van der Waals surface area contributed by atoms with E-state index >= 15 is 0 Å². The topological polar surface area (TPSA) is 40.5 Å². The summed E-state index contributed by atoms with van der Waals surface area (Å²) in [7, 11) is 0. The van der Waals surface area contributed by atoms with Crippen LogP contribution in [0.5, 0.6) is 0 Å². The van der Waals surface area contributed by atoms with E-state index in [1.54, 1.807) is 0 Å². The number of rotatable bonds is 1. The molecule has 0 spiro atoms. The quantitative estimate of drug-likeness (QED) is 0.470. The Labute approximate surface area is 55.5 Å². The molecule has 0 aliphatic rings. The molecule has 2 N–H and O–H groups in total. The lowest BCUT2D eigenvalue weighted by atomic mass is 10.5. The summed E-state index contributed by atoms with van der Waals surface area (Å²) in [5.74, 6) is 4.25. The van der Waals surface area contributed by atoms with Crippen LogP contribution in [0.15, 0.2) is 0 Å². The lowest BCUT2D eigenvalue weighted by molar-refractivity contribution is 0.305. The summed E-state index contributed by atoms with van der Waals surface area (Å²) >= 11 is 0. The van der Waals surface area contributed by atoms with Gasteiger partial charge in [-0.15, -0.1) is 18.8 Å². The fourth-order valence-electron chi connectivity index (χ4n) is 0.0645. The first-order chi connectivity index (χ1) is 4.33. The zero-order valence-corrected chi connectivity index (χ0v) is 5.17. The zero-order chi connectivity index (χ0) is 7.54. The molecular formula is C7H10O2. The summed E-state index contributed by atoms with van der Waals surface area (Å²) in [5.41, 5.74) is 0. The van der Waals surface area contributed by atoms with E-state index in [-0.39, 0.29) is 13.2 Å². The van der Waals surface area contributed by atoms with Gasteiger partial charge in [-0.2, -0.15) is 0 Å². The fraction of sp³-hybridized carbons (Fsp3) is 0.429. The van der Waals surface area contributed by atoms with Crippen molar-refractivity contribution in [1.82, 2.24) is 0 Å². The maximum Gasteiger partial charge on any atom is 0.103 e. The summed E-state index contributed by atoms with van der Waals surface area (Å²) in [6, 6.07) is 0. The van der Waals surface area contributed by atoms with Crippen LogP contribution in [0.25, 0.3) is 0 Å². The molecule has 2 heteroatoms. The van der Waals surface area contributed by atoms with Gasteiger partial charge < -0.3 is 10.2 Å².